The number of rotatable bonds is 4. The fourth-order valence-corrected chi connectivity index (χ4v) is 1.65. The Kier molecular flexibility index (Phi) is 4.87. The minimum Gasteiger partial charge on any atom is -0.344 e. The lowest BCUT2D eigenvalue weighted by Gasteiger charge is -2.23. The molecule has 0 aliphatic rings. The molecular formula is C12H16ClFN2O. The Labute approximate surface area is 105 Å². The van der Waals surface area contributed by atoms with E-state index in [2.05, 4.69) is 10.3 Å². The Balaban J connectivity index is 2.95. The maximum absolute atomic E-state index is 12.7. The highest BCUT2D eigenvalue weighted by Gasteiger charge is 2.24. The normalized spacial score (nSPS) is 14.5. The van der Waals surface area contributed by atoms with Crippen molar-refractivity contribution < 1.29 is 9.18 Å². The first kappa shape index (κ1) is 13.9. The van der Waals surface area contributed by atoms with E-state index in [0.29, 0.717) is 0 Å². The number of halogens is 2. The van der Waals surface area contributed by atoms with Crippen molar-refractivity contribution in [3.63, 3.8) is 0 Å². The molecule has 1 aromatic rings. The quantitative estimate of drug-likeness (QED) is 0.844. The van der Waals surface area contributed by atoms with Crippen LogP contribution in [0.5, 0.6) is 0 Å². The van der Waals surface area contributed by atoms with Gasteiger partial charge < -0.3 is 5.32 Å². The molecule has 1 heterocycles. The van der Waals surface area contributed by atoms with E-state index in [1.807, 2.05) is 32.9 Å². The van der Waals surface area contributed by atoms with Crippen molar-refractivity contribution in [1.82, 2.24) is 10.3 Å². The number of hydrogen-bond donors (Lipinski definition) is 1. The molecule has 5 heteroatoms. The first-order valence-corrected chi connectivity index (χ1v) is 5.87. The third-order valence-corrected chi connectivity index (χ3v) is 2.71. The molecule has 94 valence electrons. The summed E-state index contributed by atoms with van der Waals surface area (Å²) >= 11 is 5.11. The van der Waals surface area contributed by atoms with Gasteiger partial charge in [0.05, 0.1) is 11.7 Å². The second kappa shape index (κ2) is 5.96. The second-order valence-corrected chi connectivity index (χ2v) is 4.62. The van der Waals surface area contributed by atoms with Gasteiger partial charge in [-0.1, -0.05) is 31.5 Å². The van der Waals surface area contributed by atoms with E-state index in [9.17, 15) is 9.18 Å². The van der Waals surface area contributed by atoms with Crippen molar-refractivity contribution >= 4 is 17.5 Å². The van der Waals surface area contributed by atoms with E-state index >= 15 is 0 Å². The summed E-state index contributed by atoms with van der Waals surface area (Å²) in [6.07, 6.45) is 1.65. The van der Waals surface area contributed by atoms with Gasteiger partial charge in [-0.3, -0.25) is 9.78 Å². The largest absolute Gasteiger partial charge is 0.344 e. The standard InChI is InChI=1S/C12H16ClFN2O/c1-7(2)9(16-12(17)11(13)14)10-8(3)5-4-6-15-10/h4-7,9,11H,1-3H3,(H,16,17). The maximum Gasteiger partial charge on any atom is 0.270 e. The topological polar surface area (TPSA) is 42.0 Å². The van der Waals surface area contributed by atoms with Gasteiger partial charge in [-0.05, 0) is 24.5 Å². The van der Waals surface area contributed by atoms with Gasteiger partial charge in [-0.2, -0.15) is 0 Å². The van der Waals surface area contributed by atoms with Crippen molar-refractivity contribution in [3.8, 4) is 0 Å². The van der Waals surface area contributed by atoms with Crippen LogP contribution in [0.2, 0.25) is 0 Å². The molecule has 0 saturated carbocycles. The van der Waals surface area contributed by atoms with Gasteiger partial charge in [-0.15, -0.1) is 0 Å². The Morgan fingerprint density at radius 3 is 2.65 bits per heavy atom. The van der Waals surface area contributed by atoms with Crippen LogP contribution in [0.3, 0.4) is 0 Å². The third-order valence-electron chi connectivity index (χ3n) is 2.51. The van der Waals surface area contributed by atoms with Crippen LogP contribution in [0.1, 0.15) is 31.1 Å². The van der Waals surface area contributed by atoms with Crippen LogP contribution in [0.15, 0.2) is 18.3 Å². The summed E-state index contributed by atoms with van der Waals surface area (Å²) in [5.74, 6) is -0.724. The predicted molar refractivity (Wildman–Crippen MR) is 65.4 cm³/mol. The molecule has 0 spiro atoms. The average Bonchev–Trinajstić information content (AvgIpc) is 2.26. The zero-order chi connectivity index (χ0) is 13.0. The molecule has 0 aromatic carbocycles. The molecule has 0 aliphatic heterocycles. The number of pyridine rings is 1. The maximum atomic E-state index is 12.7. The lowest BCUT2D eigenvalue weighted by molar-refractivity contribution is -0.124. The smallest absolute Gasteiger partial charge is 0.270 e. The summed E-state index contributed by atoms with van der Waals surface area (Å²) < 4.78 is 12.7. The lowest BCUT2D eigenvalue weighted by atomic mass is 9.97. The molecule has 0 fully saturated rings. The zero-order valence-corrected chi connectivity index (χ0v) is 10.8. The van der Waals surface area contributed by atoms with Crippen LogP contribution in [0.4, 0.5) is 4.39 Å². The van der Waals surface area contributed by atoms with Crippen molar-refractivity contribution in [2.75, 3.05) is 0 Å². The van der Waals surface area contributed by atoms with Crippen molar-refractivity contribution in [2.45, 2.75) is 32.4 Å². The van der Waals surface area contributed by atoms with Crippen LogP contribution >= 0.6 is 11.6 Å². The summed E-state index contributed by atoms with van der Waals surface area (Å²) in [5.41, 5.74) is -0.329. The van der Waals surface area contributed by atoms with E-state index in [1.54, 1.807) is 6.20 Å². The number of nitrogens with zero attached hydrogens (tertiary/aromatic N) is 1. The van der Waals surface area contributed by atoms with E-state index in [4.69, 9.17) is 11.6 Å². The van der Waals surface area contributed by atoms with Gasteiger partial charge in [-0.25, -0.2) is 4.39 Å². The van der Waals surface area contributed by atoms with E-state index in [0.717, 1.165) is 11.3 Å². The van der Waals surface area contributed by atoms with Crippen LogP contribution < -0.4 is 5.32 Å². The van der Waals surface area contributed by atoms with Crippen molar-refractivity contribution in [1.29, 1.82) is 0 Å². The van der Waals surface area contributed by atoms with Gasteiger partial charge in [0, 0.05) is 6.20 Å². The number of amides is 1. The molecule has 0 radical (unpaired) electrons. The van der Waals surface area contributed by atoms with Crippen LogP contribution in [-0.4, -0.2) is 16.5 Å². The summed E-state index contributed by atoms with van der Waals surface area (Å²) in [7, 11) is 0. The Morgan fingerprint density at radius 2 is 2.18 bits per heavy atom. The van der Waals surface area contributed by atoms with Gasteiger partial charge in [0.25, 0.3) is 11.5 Å². The highest BCUT2D eigenvalue weighted by atomic mass is 35.5. The van der Waals surface area contributed by atoms with Gasteiger partial charge in [0.15, 0.2) is 0 Å². The number of carbonyl (C=O) groups excluding carboxylic acids is 1. The van der Waals surface area contributed by atoms with Gasteiger partial charge in [0.1, 0.15) is 0 Å². The lowest BCUT2D eigenvalue weighted by Crippen LogP contribution is -2.36. The van der Waals surface area contributed by atoms with Crippen LogP contribution in [0, 0.1) is 12.8 Å². The summed E-state index contributed by atoms with van der Waals surface area (Å²) in [4.78, 5) is 15.5. The highest BCUT2D eigenvalue weighted by molar-refractivity contribution is 6.29. The number of hydrogen-bond acceptors (Lipinski definition) is 2. The number of aromatic nitrogens is 1. The fourth-order valence-electron chi connectivity index (χ4n) is 1.59. The molecule has 3 nitrogen and oxygen atoms in total. The van der Waals surface area contributed by atoms with E-state index < -0.39 is 11.5 Å². The molecule has 1 amide bonds. The summed E-state index contributed by atoms with van der Waals surface area (Å²) in [5, 5.41) is 2.56. The fraction of sp³-hybridized carbons (Fsp3) is 0.500. The minimum absolute atomic E-state index is 0.1000. The second-order valence-electron chi connectivity index (χ2n) is 4.24. The molecular weight excluding hydrogens is 243 g/mol. The molecule has 2 unspecified atom stereocenters. The van der Waals surface area contributed by atoms with Crippen molar-refractivity contribution in [3.05, 3.63) is 29.6 Å². The number of nitrogens with one attached hydrogen (secondary N) is 1. The summed E-state index contributed by atoms with van der Waals surface area (Å²) in [6.45, 7) is 5.76. The highest BCUT2D eigenvalue weighted by Crippen LogP contribution is 2.22. The predicted octanol–water partition coefficient (Wildman–Crippen LogP) is 2.74. The Bertz CT molecular complexity index is 396. The first-order valence-electron chi connectivity index (χ1n) is 5.43. The molecule has 0 bridgehead atoms. The van der Waals surface area contributed by atoms with E-state index in [1.165, 1.54) is 0 Å². The first-order chi connectivity index (χ1) is 7.93. The molecule has 17 heavy (non-hydrogen) atoms. The summed E-state index contributed by atoms with van der Waals surface area (Å²) in [6, 6.07) is 3.38. The van der Waals surface area contributed by atoms with Crippen LogP contribution in [-0.2, 0) is 4.79 Å². The van der Waals surface area contributed by atoms with Gasteiger partial charge >= 0.3 is 0 Å². The van der Waals surface area contributed by atoms with Gasteiger partial charge in [0.2, 0.25) is 0 Å². The Morgan fingerprint density at radius 1 is 1.53 bits per heavy atom. The number of aryl methyl sites for hydroxylation is 1. The van der Waals surface area contributed by atoms with Crippen molar-refractivity contribution in [2.24, 2.45) is 5.92 Å². The molecule has 2 atom stereocenters. The molecule has 0 aliphatic carbocycles. The average molecular weight is 259 g/mol. The monoisotopic (exact) mass is 258 g/mol. The SMILES string of the molecule is Cc1cccnc1C(NC(=O)C(F)Cl)C(C)C. The molecule has 1 N–H and O–H groups in total. The number of carbonyl (C=O) groups is 1. The third kappa shape index (κ3) is 3.66. The minimum atomic E-state index is -2.03. The number of alkyl halides is 2. The Hall–Kier alpha value is -1.16. The molecule has 1 aromatic heterocycles. The molecule has 1 rings (SSSR count). The molecule has 0 saturated heterocycles. The zero-order valence-electron chi connectivity index (χ0n) is 10.1. The van der Waals surface area contributed by atoms with E-state index in [-0.39, 0.29) is 12.0 Å². The van der Waals surface area contributed by atoms with Crippen LogP contribution in [0.25, 0.3) is 0 Å².